The van der Waals surface area contributed by atoms with Gasteiger partial charge in [0.1, 0.15) is 0 Å². The average Bonchev–Trinajstić information content (AvgIpc) is 3.21. The van der Waals surface area contributed by atoms with Crippen molar-refractivity contribution >= 4 is 11.7 Å². The number of hydrogen-bond donors (Lipinski definition) is 1. The van der Waals surface area contributed by atoms with E-state index in [1.807, 2.05) is 0 Å². The van der Waals surface area contributed by atoms with Crippen LogP contribution in [-0.2, 0) is 4.74 Å². The topological polar surface area (TPSA) is 49.8 Å². The van der Waals surface area contributed by atoms with Crippen molar-refractivity contribution < 1.29 is 23.4 Å². The van der Waals surface area contributed by atoms with Crippen LogP contribution >= 0.6 is 0 Å². The maximum absolute atomic E-state index is 13.8. The van der Waals surface area contributed by atoms with Crippen molar-refractivity contribution in [1.82, 2.24) is 0 Å². The summed E-state index contributed by atoms with van der Waals surface area (Å²) in [6.07, 6.45) is 2.40. The smallest absolute Gasteiger partial charge is 0.338 e. The Morgan fingerprint density at radius 3 is 2.70 bits per heavy atom. The fourth-order valence-electron chi connectivity index (χ4n) is 1.86. The van der Waals surface area contributed by atoms with Crippen LogP contribution in [0.4, 0.5) is 14.5 Å². The Balaban J connectivity index is 1.96. The summed E-state index contributed by atoms with van der Waals surface area (Å²) in [6.45, 7) is 1.55. The van der Waals surface area contributed by atoms with E-state index in [2.05, 4.69) is 0 Å². The van der Waals surface area contributed by atoms with E-state index in [9.17, 15) is 13.6 Å². The first-order valence-corrected chi connectivity index (χ1v) is 6.51. The van der Waals surface area contributed by atoms with Gasteiger partial charge < -0.3 is 14.7 Å². The zero-order chi connectivity index (χ0) is 14.7. The second-order valence-electron chi connectivity index (χ2n) is 5.01. The van der Waals surface area contributed by atoms with Gasteiger partial charge in [-0.15, -0.1) is 0 Å². The molecular weight excluding hydrogens is 268 g/mol. The normalized spacial score (nSPS) is 14.3. The lowest BCUT2D eigenvalue weighted by atomic mass is 10.1. The summed E-state index contributed by atoms with van der Waals surface area (Å²) < 4.78 is 32.8. The molecule has 0 aliphatic heterocycles. The van der Waals surface area contributed by atoms with Gasteiger partial charge in [-0.25, -0.2) is 13.6 Å². The number of likely N-dealkylation sites (N-methyl/N-ethyl adjacent to an activating group) is 1. The van der Waals surface area contributed by atoms with Gasteiger partial charge in [0.25, 0.3) is 0 Å². The Morgan fingerprint density at radius 1 is 1.40 bits per heavy atom. The Kier molecular flexibility index (Phi) is 4.54. The molecule has 110 valence electrons. The van der Waals surface area contributed by atoms with Crippen molar-refractivity contribution in [2.24, 2.45) is 5.92 Å². The number of carboxylic acid groups (broad SMARTS) is 1. The SMILES string of the molecule is CN(CCOCC1CC1)c1ccc(C(=O)O)c(F)c1F. The molecule has 1 fully saturated rings. The van der Waals surface area contributed by atoms with E-state index in [0.29, 0.717) is 25.7 Å². The highest BCUT2D eigenvalue weighted by Gasteiger charge is 2.22. The molecule has 0 saturated heterocycles. The second kappa shape index (κ2) is 6.17. The molecule has 1 aliphatic rings. The van der Waals surface area contributed by atoms with Gasteiger partial charge in [-0.1, -0.05) is 0 Å². The molecule has 0 radical (unpaired) electrons. The molecule has 1 N–H and O–H groups in total. The molecule has 2 rings (SSSR count). The zero-order valence-corrected chi connectivity index (χ0v) is 11.2. The highest BCUT2D eigenvalue weighted by Crippen LogP contribution is 2.28. The monoisotopic (exact) mass is 285 g/mol. The van der Waals surface area contributed by atoms with Crippen LogP contribution in [0.3, 0.4) is 0 Å². The van der Waals surface area contributed by atoms with Gasteiger partial charge in [-0.05, 0) is 30.9 Å². The van der Waals surface area contributed by atoms with E-state index in [1.165, 1.54) is 23.8 Å². The van der Waals surface area contributed by atoms with Crippen LogP contribution in [0.5, 0.6) is 0 Å². The Labute approximate surface area is 116 Å². The van der Waals surface area contributed by atoms with Crippen molar-refractivity contribution in [1.29, 1.82) is 0 Å². The third-order valence-electron chi connectivity index (χ3n) is 3.33. The van der Waals surface area contributed by atoms with E-state index in [0.717, 1.165) is 6.07 Å². The van der Waals surface area contributed by atoms with Gasteiger partial charge in [-0.3, -0.25) is 0 Å². The second-order valence-corrected chi connectivity index (χ2v) is 5.01. The summed E-state index contributed by atoms with van der Waals surface area (Å²) in [5.41, 5.74) is -0.632. The predicted molar refractivity (Wildman–Crippen MR) is 70.1 cm³/mol. The molecule has 1 aromatic rings. The molecule has 0 heterocycles. The molecule has 0 atom stereocenters. The zero-order valence-electron chi connectivity index (χ0n) is 11.2. The van der Waals surface area contributed by atoms with Crippen LogP contribution in [0.1, 0.15) is 23.2 Å². The first kappa shape index (κ1) is 14.7. The number of carbonyl (C=O) groups is 1. The molecule has 0 spiro atoms. The number of anilines is 1. The third kappa shape index (κ3) is 3.45. The summed E-state index contributed by atoms with van der Waals surface area (Å²) in [6, 6.07) is 2.33. The third-order valence-corrected chi connectivity index (χ3v) is 3.33. The number of aromatic carboxylic acids is 1. The van der Waals surface area contributed by atoms with Crippen LogP contribution in [0, 0.1) is 17.6 Å². The van der Waals surface area contributed by atoms with E-state index < -0.39 is 23.2 Å². The molecular formula is C14H17F2NO3. The summed E-state index contributed by atoms with van der Waals surface area (Å²) >= 11 is 0. The molecule has 1 aromatic carbocycles. The van der Waals surface area contributed by atoms with Crippen molar-refractivity contribution in [2.45, 2.75) is 12.8 Å². The first-order valence-electron chi connectivity index (χ1n) is 6.51. The van der Waals surface area contributed by atoms with E-state index in [-0.39, 0.29) is 5.69 Å². The lowest BCUT2D eigenvalue weighted by Gasteiger charge is -2.20. The number of nitrogens with zero attached hydrogens (tertiary/aromatic N) is 1. The van der Waals surface area contributed by atoms with E-state index >= 15 is 0 Å². The van der Waals surface area contributed by atoms with Crippen LogP contribution in [0.25, 0.3) is 0 Å². The molecule has 0 amide bonds. The summed E-state index contributed by atoms with van der Waals surface area (Å²) in [5.74, 6) is -3.30. The standard InChI is InChI=1S/C14H17F2NO3/c1-17(6-7-20-8-9-2-3-9)11-5-4-10(14(18)19)12(15)13(11)16/h4-5,9H,2-3,6-8H2,1H3,(H,18,19). The average molecular weight is 285 g/mol. The van der Waals surface area contributed by atoms with Gasteiger partial charge in [0.15, 0.2) is 11.6 Å². The number of rotatable bonds is 7. The first-order chi connectivity index (χ1) is 9.50. The number of ether oxygens (including phenoxy) is 1. The fourth-order valence-corrected chi connectivity index (χ4v) is 1.86. The number of benzene rings is 1. The molecule has 0 aromatic heterocycles. The van der Waals surface area contributed by atoms with Crippen LogP contribution in [-0.4, -0.2) is 37.9 Å². The minimum atomic E-state index is -1.48. The Morgan fingerprint density at radius 2 is 2.10 bits per heavy atom. The highest BCUT2D eigenvalue weighted by molar-refractivity contribution is 5.88. The van der Waals surface area contributed by atoms with Crippen molar-refractivity contribution in [2.75, 3.05) is 31.7 Å². The molecule has 1 aliphatic carbocycles. The molecule has 0 bridgehead atoms. The molecule has 1 saturated carbocycles. The van der Waals surface area contributed by atoms with Crippen molar-refractivity contribution in [3.05, 3.63) is 29.3 Å². The largest absolute Gasteiger partial charge is 0.478 e. The number of carboxylic acids is 1. The van der Waals surface area contributed by atoms with E-state index in [4.69, 9.17) is 9.84 Å². The minimum absolute atomic E-state index is 0.0301. The van der Waals surface area contributed by atoms with Gasteiger partial charge in [0.05, 0.1) is 17.9 Å². The van der Waals surface area contributed by atoms with Gasteiger partial charge in [-0.2, -0.15) is 0 Å². The quantitative estimate of drug-likeness (QED) is 0.782. The van der Waals surface area contributed by atoms with Gasteiger partial charge in [0, 0.05) is 20.2 Å². The molecule has 4 nitrogen and oxygen atoms in total. The Hall–Kier alpha value is -1.69. The lowest BCUT2D eigenvalue weighted by Crippen LogP contribution is -2.24. The van der Waals surface area contributed by atoms with Crippen molar-refractivity contribution in [3.63, 3.8) is 0 Å². The lowest BCUT2D eigenvalue weighted by molar-refractivity contribution is 0.0690. The fraction of sp³-hybridized carbons (Fsp3) is 0.500. The molecule has 20 heavy (non-hydrogen) atoms. The number of hydrogen-bond acceptors (Lipinski definition) is 3. The number of halogens is 2. The maximum atomic E-state index is 13.8. The van der Waals surface area contributed by atoms with E-state index in [1.54, 1.807) is 7.05 Å². The maximum Gasteiger partial charge on any atom is 0.338 e. The Bertz CT molecular complexity index is 503. The van der Waals surface area contributed by atoms with Crippen molar-refractivity contribution in [3.8, 4) is 0 Å². The molecule has 0 unspecified atom stereocenters. The summed E-state index contributed by atoms with van der Waals surface area (Å²) in [5, 5.41) is 8.71. The van der Waals surface area contributed by atoms with Crippen LogP contribution in [0.2, 0.25) is 0 Å². The van der Waals surface area contributed by atoms with Crippen LogP contribution in [0.15, 0.2) is 12.1 Å². The van der Waals surface area contributed by atoms with Gasteiger partial charge in [0.2, 0.25) is 0 Å². The minimum Gasteiger partial charge on any atom is -0.478 e. The summed E-state index contributed by atoms with van der Waals surface area (Å²) in [4.78, 5) is 12.2. The highest BCUT2D eigenvalue weighted by atomic mass is 19.2. The molecule has 6 heteroatoms. The predicted octanol–water partition coefficient (Wildman–Crippen LogP) is 2.53. The van der Waals surface area contributed by atoms with Crippen LogP contribution < -0.4 is 4.90 Å². The summed E-state index contributed by atoms with van der Waals surface area (Å²) in [7, 11) is 1.61. The van der Waals surface area contributed by atoms with Gasteiger partial charge >= 0.3 is 5.97 Å².